The average Bonchev–Trinajstić information content (AvgIpc) is 2.18. The molecule has 0 aliphatic heterocycles. The van der Waals surface area contributed by atoms with Gasteiger partial charge in [0.2, 0.25) is 5.52 Å². The lowest BCUT2D eigenvalue weighted by Gasteiger charge is -2.06. The fourth-order valence-electron chi connectivity index (χ4n) is 2.14. The standard InChI is InChI=1S/C13H15FN/c1-8-5-6-11(14)12-9(2)7-10(3)15(4)13(8)12/h5-7H,1-4H3/q+1. The van der Waals surface area contributed by atoms with Crippen molar-refractivity contribution in [1.29, 1.82) is 0 Å². The van der Waals surface area contributed by atoms with Crippen molar-refractivity contribution < 1.29 is 8.96 Å². The molecule has 1 aromatic carbocycles. The van der Waals surface area contributed by atoms with Gasteiger partial charge in [0.05, 0.1) is 5.39 Å². The number of rotatable bonds is 0. The molecular formula is C13H15FN+. The Hall–Kier alpha value is -1.44. The number of fused-ring (bicyclic) bond motifs is 1. The summed E-state index contributed by atoms with van der Waals surface area (Å²) in [6.07, 6.45) is 0. The van der Waals surface area contributed by atoms with Crippen molar-refractivity contribution in [1.82, 2.24) is 0 Å². The number of nitrogens with zero attached hydrogens (tertiary/aromatic N) is 1. The van der Waals surface area contributed by atoms with E-state index in [-0.39, 0.29) is 5.82 Å². The Morgan fingerprint density at radius 2 is 1.73 bits per heavy atom. The van der Waals surface area contributed by atoms with Gasteiger partial charge in [-0.3, -0.25) is 0 Å². The topological polar surface area (TPSA) is 3.88 Å². The molecule has 2 rings (SSSR count). The van der Waals surface area contributed by atoms with Gasteiger partial charge >= 0.3 is 0 Å². The van der Waals surface area contributed by atoms with E-state index in [0.29, 0.717) is 0 Å². The number of benzene rings is 1. The number of aromatic nitrogens is 1. The van der Waals surface area contributed by atoms with Crippen molar-refractivity contribution in [2.24, 2.45) is 7.05 Å². The number of aryl methyl sites for hydroxylation is 4. The van der Waals surface area contributed by atoms with Crippen molar-refractivity contribution >= 4 is 10.9 Å². The van der Waals surface area contributed by atoms with E-state index in [1.54, 1.807) is 6.07 Å². The highest BCUT2D eigenvalue weighted by Crippen LogP contribution is 2.22. The van der Waals surface area contributed by atoms with Crippen LogP contribution in [0.3, 0.4) is 0 Å². The second-order valence-corrected chi connectivity index (χ2v) is 4.12. The van der Waals surface area contributed by atoms with E-state index in [9.17, 15) is 4.39 Å². The lowest BCUT2D eigenvalue weighted by atomic mass is 10.0. The van der Waals surface area contributed by atoms with Gasteiger partial charge in [0.25, 0.3) is 0 Å². The maximum Gasteiger partial charge on any atom is 0.218 e. The number of halogens is 1. The lowest BCUT2D eigenvalue weighted by molar-refractivity contribution is -0.651. The number of hydrogen-bond acceptors (Lipinski definition) is 0. The molecule has 1 nitrogen and oxygen atoms in total. The summed E-state index contributed by atoms with van der Waals surface area (Å²) < 4.78 is 15.8. The highest BCUT2D eigenvalue weighted by Gasteiger charge is 2.16. The zero-order valence-corrected chi connectivity index (χ0v) is 9.56. The Balaban J connectivity index is 3.08. The van der Waals surface area contributed by atoms with E-state index in [2.05, 4.69) is 0 Å². The molecule has 0 unspecified atom stereocenters. The second-order valence-electron chi connectivity index (χ2n) is 4.12. The van der Waals surface area contributed by atoms with Gasteiger partial charge < -0.3 is 0 Å². The first-order chi connectivity index (χ1) is 7.02. The Bertz CT molecular complexity index is 544. The minimum atomic E-state index is -0.135. The molecule has 0 atom stereocenters. The molecule has 0 saturated carbocycles. The average molecular weight is 204 g/mol. The van der Waals surface area contributed by atoms with Gasteiger partial charge in [-0.25, -0.2) is 4.39 Å². The summed E-state index contributed by atoms with van der Waals surface area (Å²) in [6, 6.07) is 5.39. The molecule has 2 heteroatoms. The Labute approximate surface area is 89.2 Å². The molecule has 0 bridgehead atoms. The zero-order chi connectivity index (χ0) is 11.2. The molecule has 0 saturated heterocycles. The van der Waals surface area contributed by atoms with Gasteiger partial charge in [0.1, 0.15) is 12.9 Å². The quantitative estimate of drug-likeness (QED) is 0.581. The molecule has 0 fully saturated rings. The van der Waals surface area contributed by atoms with Crippen LogP contribution in [-0.2, 0) is 7.05 Å². The summed E-state index contributed by atoms with van der Waals surface area (Å²) in [5.74, 6) is -0.135. The van der Waals surface area contributed by atoms with Crippen LogP contribution < -0.4 is 4.57 Å². The highest BCUT2D eigenvalue weighted by atomic mass is 19.1. The minimum absolute atomic E-state index is 0.135. The summed E-state index contributed by atoms with van der Waals surface area (Å²) in [5.41, 5.74) is 4.25. The third kappa shape index (κ3) is 1.41. The van der Waals surface area contributed by atoms with Crippen LogP contribution in [-0.4, -0.2) is 0 Å². The molecule has 2 aromatic rings. The largest absolute Gasteiger partial charge is 0.218 e. The first-order valence-electron chi connectivity index (χ1n) is 5.07. The predicted molar refractivity (Wildman–Crippen MR) is 59.3 cm³/mol. The van der Waals surface area contributed by atoms with Crippen LogP contribution in [0.2, 0.25) is 0 Å². The second kappa shape index (κ2) is 3.30. The van der Waals surface area contributed by atoms with Gasteiger partial charge in [-0.2, -0.15) is 4.57 Å². The third-order valence-electron chi connectivity index (χ3n) is 3.01. The van der Waals surface area contributed by atoms with E-state index >= 15 is 0 Å². The van der Waals surface area contributed by atoms with Crippen LogP contribution in [0.5, 0.6) is 0 Å². The monoisotopic (exact) mass is 204 g/mol. The normalized spacial score (nSPS) is 11.0. The van der Waals surface area contributed by atoms with E-state index in [1.165, 1.54) is 0 Å². The Morgan fingerprint density at radius 3 is 2.40 bits per heavy atom. The molecule has 0 spiro atoms. The molecular weight excluding hydrogens is 189 g/mol. The molecule has 15 heavy (non-hydrogen) atoms. The third-order valence-corrected chi connectivity index (χ3v) is 3.01. The molecule has 1 heterocycles. The van der Waals surface area contributed by atoms with Crippen molar-refractivity contribution in [2.75, 3.05) is 0 Å². The first-order valence-corrected chi connectivity index (χ1v) is 5.07. The summed E-state index contributed by atoms with van der Waals surface area (Å²) in [4.78, 5) is 0. The van der Waals surface area contributed by atoms with Crippen LogP contribution in [0.1, 0.15) is 16.8 Å². The maximum atomic E-state index is 13.7. The van der Waals surface area contributed by atoms with Crippen LogP contribution in [0, 0.1) is 26.6 Å². The van der Waals surface area contributed by atoms with Crippen LogP contribution >= 0.6 is 0 Å². The van der Waals surface area contributed by atoms with Crippen molar-refractivity contribution in [3.63, 3.8) is 0 Å². The summed E-state index contributed by atoms with van der Waals surface area (Å²) in [5, 5.41) is 0.739. The fraction of sp³-hybridized carbons (Fsp3) is 0.308. The molecule has 78 valence electrons. The van der Waals surface area contributed by atoms with Gasteiger partial charge in [-0.15, -0.1) is 0 Å². The Kier molecular flexibility index (Phi) is 2.22. The lowest BCUT2D eigenvalue weighted by Crippen LogP contribution is -2.34. The Morgan fingerprint density at radius 1 is 1.07 bits per heavy atom. The minimum Gasteiger partial charge on any atom is -0.206 e. The first kappa shape index (κ1) is 10.1. The van der Waals surface area contributed by atoms with Gasteiger partial charge in [-0.1, -0.05) is 0 Å². The van der Waals surface area contributed by atoms with Crippen LogP contribution in [0.25, 0.3) is 10.9 Å². The number of pyridine rings is 1. The van der Waals surface area contributed by atoms with E-state index in [4.69, 9.17) is 0 Å². The van der Waals surface area contributed by atoms with E-state index in [1.807, 2.05) is 44.5 Å². The smallest absolute Gasteiger partial charge is 0.206 e. The van der Waals surface area contributed by atoms with E-state index < -0.39 is 0 Å². The van der Waals surface area contributed by atoms with E-state index in [0.717, 1.165) is 27.7 Å². The van der Waals surface area contributed by atoms with Crippen LogP contribution in [0.4, 0.5) is 4.39 Å². The van der Waals surface area contributed by atoms with Gasteiger partial charge in [-0.05, 0) is 31.5 Å². The SMILES string of the molecule is Cc1cc(C)[n+](C)c2c(C)ccc(F)c12. The summed E-state index contributed by atoms with van der Waals surface area (Å²) in [6.45, 7) is 6.01. The van der Waals surface area contributed by atoms with Crippen LogP contribution in [0.15, 0.2) is 18.2 Å². The predicted octanol–water partition coefficient (Wildman–Crippen LogP) is 2.73. The molecule has 0 N–H and O–H groups in total. The molecule has 0 aliphatic carbocycles. The number of hydrogen-bond donors (Lipinski definition) is 0. The van der Waals surface area contributed by atoms with Crippen molar-refractivity contribution in [3.05, 3.63) is 40.8 Å². The highest BCUT2D eigenvalue weighted by molar-refractivity contribution is 5.82. The fourth-order valence-corrected chi connectivity index (χ4v) is 2.14. The molecule has 0 radical (unpaired) electrons. The zero-order valence-electron chi connectivity index (χ0n) is 9.56. The molecule has 1 aromatic heterocycles. The van der Waals surface area contributed by atoms with Gasteiger partial charge in [0, 0.05) is 18.6 Å². The van der Waals surface area contributed by atoms with Crippen molar-refractivity contribution in [2.45, 2.75) is 20.8 Å². The van der Waals surface area contributed by atoms with Crippen molar-refractivity contribution in [3.8, 4) is 0 Å². The summed E-state index contributed by atoms with van der Waals surface area (Å²) >= 11 is 0. The molecule has 0 amide bonds. The van der Waals surface area contributed by atoms with Gasteiger partial charge in [0.15, 0.2) is 5.69 Å². The maximum absolute atomic E-state index is 13.7. The summed E-state index contributed by atoms with van der Waals surface area (Å²) in [7, 11) is 1.98. The molecule has 0 aliphatic rings.